The normalized spacial score (nSPS) is 16.5. The third-order valence-corrected chi connectivity index (χ3v) is 4.43. The monoisotopic (exact) mass is 333 g/mol. The number of aryl methyl sites for hydroxylation is 1. The van der Waals surface area contributed by atoms with Crippen LogP contribution in [0.5, 0.6) is 5.75 Å². The van der Waals surface area contributed by atoms with Gasteiger partial charge in [0.25, 0.3) is 5.91 Å². The molecule has 2 rings (SSSR count). The fourth-order valence-electron chi connectivity index (χ4n) is 3.00. The van der Waals surface area contributed by atoms with Crippen LogP contribution in [0.1, 0.15) is 39.2 Å². The summed E-state index contributed by atoms with van der Waals surface area (Å²) in [6.07, 6.45) is 1.64. The lowest BCUT2D eigenvalue weighted by Crippen LogP contribution is -2.46. The second kappa shape index (κ2) is 8.71. The molecule has 132 valence electrons. The maximum Gasteiger partial charge on any atom is 0.309 e. The van der Waals surface area contributed by atoms with Crippen LogP contribution in [0.25, 0.3) is 0 Å². The molecule has 1 fully saturated rings. The molecule has 0 aromatic heterocycles. The zero-order valence-corrected chi connectivity index (χ0v) is 14.8. The third kappa shape index (κ3) is 4.49. The first-order chi connectivity index (χ1) is 11.6. The zero-order valence-electron chi connectivity index (χ0n) is 14.8. The van der Waals surface area contributed by atoms with Crippen molar-refractivity contribution in [2.75, 3.05) is 19.7 Å². The summed E-state index contributed by atoms with van der Waals surface area (Å²) in [5.41, 5.74) is 1.10. The van der Waals surface area contributed by atoms with Gasteiger partial charge >= 0.3 is 5.97 Å². The molecule has 1 amide bonds. The Morgan fingerprint density at radius 3 is 2.50 bits per heavy atom. The first-order valence-electron chi connectivity index (χ1n) is 8.76. The van der Waals surface area contributed by atoms with Crippen LogP contribution >= 0.6 is 0 Å². The Balaban J connectivity index is 1.89. The Labute approximate surface area is 143 Å². The van der Waals surface area contributed by atoms with Crippen LogP contribution in [0, 0.1) is 5.92 Å². The third-order valence-electron chi connectivity index (χ3n) is 4.43. The Kier molecular flexibility index (Phi) is 6.64. The smallest absolute Gasteiger partial charge is 0.309 e. The lowest BCUT2D eigenvalue weighted by atomic mass is 9.96. The van der Waals surface area contributed by atoms with E-state index in [9.17, 15) is 9.59 Å². The molecule has 0 saturated carbocycles. The predicted molar refractivity (Wildman–Crippen MR) is 91.8 cm³/mol. The van der Waals surface area contributed by atoms with Gasteiger partial charge in [-0.3, -0.25) is 9.59 Å². The molecule has 0 aliphatic carbocycles. The van der Waals surface area contributed by atoms with E-state index in [0.29, 0.717) is 32.5 Å². The maximum atomic E-state index is 12.6. The molecule has 1 heterocycles. The largest absolute Gasteiger partial charge is 0.481 e. The molecule has 5 heteroatoms. The molecule has 0 spiro atoms. The van der Waals surface area contributed by atoms with Crippen molar-refractivity contribution in [3.8, 4) is 5.75 Å². The number of ether oxygens (including phenoxy) is 2. The van der Waals surface area contributed by atoms with Crippen LogP contribution < -0.4 is 4.74 Å². The molecule has 5 nitrogen and oxygen atoms in total. The number of rotatable bonds is 6. The summed E-state index contributed by atoms with van der Waals surface area (Å²) in [5, 5.41) is 0. The van der Waals surface area contributed by atoms with Crippen LogP contribution in [0.2, 0.25) is 0 Å². The number of carbonyl (C=O) groups excluding carboxylic acids is 2. The predicted octanol–water partition coefficient (Wildman–Crippen LogP) is 2.82. The van der Waals surface area contributed by atoms with Gasteiger partial charge < -0.3 is 14.4 Å². The molecule has 1 aromatic carbocycles. The van der Waals surface area contributed by atoms with Crippen molar-refractivity contribution in [2.24, 2.45) is 5.92 Å². The number of carbonyl (C=O) groups is 2. The fourth-order valence-corrected chi connectivity index (χ4v) is 3.00. The van der Waals surface area contributed by atoms with Crippen LogP contribution in [0.3, 0.4) is 0 Å². The molecule has 0 radical (unpaired) electrons. The van der Waals surface area contributed by atoms with E-state index in [1.54, 1.807) is 11.8 Å². The maximum absolute atomic E-state index is 12.6. The molecule has 0 N–H and O–H groups in total. The first kappa shape index (κ1) is 18.3. The van der Waals surface area contributed by atoms with E-state index in [1.807, 2.05) is 31.2 Å². The SMILES string of the molecule is CCOC(=O)C1CCN(C(=O)[C@H](C)Oc2ccccc2CC)CC1. The number of piperidine rings is 1. The average Bonchev–Trinajstić information content (AvgIpc) is 2.61. The lowest BCUT2D eigenvalue weighted by Gasteiger charge is -2.32. The van der Waals surface area contributed by atoms with Gasteiger partial charge in [-0.1, -0.05) is 25.1 Å². The molecule has 1 aliphatic rings. The van der Waals surface area contributed by atoms with Crippen molar-refractivity contribution < 1.29 is 19.1 Å². The average molecular weight is 333 g/mol. The summed E-state index contributed by atoms with van der Waals surface area (Å²) in [5.74, 6) is 0.502. The van der Waals surface area contributed by atoms with E-state index in [2.05, 4.69) is 6.92 Å². The Hall–Kier alpha value is -2.04. The molecule has 1 atom stereocenters. The number of amides is 1. The number of esters is 1. The van der Waals surface area contributed by atoms with Gasteiger partial charge in [0.15, 0.2) is 6.10 Å². The van der Waals surface area contributed by atoms with Crippen molar-refractivity contribution >= 4 is 11.9 Å². The van der Waals surface area contributed by atoms with Crippen molar-refractivity contribution in [2.45, 2.75) is 46.1 Å². The summed E-state index contributed by atoms with van der Waals surface area (Å²) >= 11 is 0. The molecule has 0 bridgehead atoms. The van der Waals surface area contributed by atoms with E-state index in [0.717, 1.165) is 17.7 Å². The number of nitrogens with zero attached hydrogens (tertiary/aromatic N) is 1. The topological polar surface area (TPSA) is 55.8 Å². The number of para-hydroxylation sites is 1. The molecule has 1 saturated heterocycles. The van der Waals surface area contributed by atoms with Gasteiger partial charge in [-0.05, 0) is 44.7 Å². The highest BCUT2D eigenvalue weighted by molar-refractivity contribution is 5.81. The molecule has 1 aromatic rings. The van der Waals surface area contributed by atoms with E-state index in [-0.39, 0.29) is 17.8 Å². The lowest BCUT2D eigenvalue weighted by molar-refractivity contribution is -0.152. The van der Waals surface area contributed by atoms with E-state index in [4.69, 9.17) is 9.47 Å². The van der Waals surface area contributed by atoms with Crippen molar-refractivity contribution in [3.05, 3.63) is 29.8 Å². The van der Waals surface area contributed by atoms with Crippen LogP contribution in [-0.2, 0) is 20.7 Å². The summed E-state index contributed by atoms with van der Waals surface area (Å²) in [6.45, 7) is 7.21. The van der Waals surface area contributed by atoms with Crippen molar-refractivity contribution in [3.63, 3.8) is 0 Å². The molecular weight excluding hydrogens is 306 g/mol. The van der Waals surface area contributed by atoms with Crippen molar-refractivity contribution in [1.82, 2.24) is 4.90 Å². The van der Waals surface area contributed by atoms with Gasteiger partial charge in [-0.2, -0.15) is 0 Å². The number of hydrogen-bond donors (Lipinski definition) is 0. The molecule has 24 heavy (non-hydrogen) atoms. The standard InChI is InChI=1S/C19H27NO4/c1-4-15-8-6-7-9-17(15)24-14(3)18(21)20-12-10-16(11-13-20)19(22)23-5-2/h6-9,14,16H,4-5,10-13H2,1-3H3/t14-/m0/s1. The number of likely N-dealkylation sites (tertiary alicyclic amines) is 1. The fraction of sp³-hybridized carbons (Fsp3) is 0.579. The van der Waals surface area contributed by atoms with Crippen LogP contribution in [0.4, 0.5) is 0 Å². The van der Waals surface area contributed by atoms with Gasteiger partial charge in [0.05, 0.1) is 12.5 Å². The summed E-state index contributed by atoms with van der Waals surface area (Å²) in [7, 11) is 0. The van der Waals surface area contributed by atoms with E-state index in [1.165, 1.54) is 0 Å². The number of hydrogen-bond acceptors (Lipinski definition) is 4. The highest BCUT2D eigenvalue weighted by Crippen LogP contribution is 2.22. The summed E-state index contributed by atoms with van der Waals surface area (Å²) in [6, 6.07) is 7.79. The minimum Gasteiger partial charge on any atom is -0.481 e. The van der Waals surface area contributed by atoms with Gasteiger partial charge in [-0.15, -0.1) is 0 Å². The minimum absolute atomic E-state index is 0.0248. The molecule has 0 unspecified atom stereocenters. The Bertz CT molecular complexity index is 564. The first-order valence-corrected chi connectivity index (χ1v) is 8.76. The Morgan fingerprint density at radius 1 is 1.21 bits per heavy atom. The second-order valence-corrected chi connectivity index (χ2v) is 6.07. The summed E-state index contributed by atoms with van der Waals surface area (Å²) in [4.78, 5) is 26.1. The second-order valence-electron chi connectivity index (χ2n) is 6.07. The minimum atomic E-state index is -0.531. The summed E-state index contributed by atoms with van der Waals surface area (Å²) < 4.78 is 10.9. The number of benzene rings is 1. The molecule has 1 aliphatic heterocycles. The zero-order chi connectivity index (χ0) is 17.5. The Morgan fingerprint density at radius 2 is 1.88 bits per heavy atom. The highest BCUT2D eigenvalue weighted by Gasteiger charge is 2.30. The van der Waals surface area contributed by atoms with E-state index < -0.39 is 6.10 Å². The highest BCUT2D eigenvalue weighted by atomic mass is 16.5. The van der Waals surface area contributed by atoms with E-state index >= 15 is 0 Å². The van der Waals surface area contributed by atoms with Gasteiger partial charge in [0.1, 0.15) is 5.75 Å². The molecular formula is C19H27NO4. The van der Waals surface area contributed by atoms with Crippen molar-refractivity contribution in [1.29, 1.82) is 0 Å². The van der Waals surface area contributed by atoms with Gasteiger partial charge in [0.2, 0.25) is 0 Å². The van der Waals surface area contributed by atoms with Gasteiger partial charge in [0, 0.05) is 13.1 Å². The van der Waals surface area contributed by atoms with Crippen LogP contribution in [-0.4, -0.2) is 42.6 Å². The van der Waals surface area contributed by atoms with Crippen LogP contribution in [0.15, 0.2) is 24.3 Å². The van der Waals surface area contributed by atoms with Gasteiger partial charge in [-0.25, -0.2) is 0 Å². The quantitative estimate of drug-likeness (QED) is 0.751.